The Morgan fingerprint density at radius 1 is 1.37 bits per heavy atom. The smallest absolute Gasteiger partial charge is 0.338 e. The van der Waals surface area contributed by atoms with Gasteiger partial charge in [-0.25, -0.2) is 4.79 Å². The number of para-hydroxylation sites is 1. The zero-order valence-corrected chi connectivity index (χ0v) is 10.6. The van der Waals surface area contributed by atoms with E-state index in [1.807, 2.05) is 35.0 Å². The number of aromatic nitrogens is 1. The van der Waals surface area contributed by atoms with E-state index in [4.69, 9.17) is 21.1 Å². The summed E-state index contributed by atoms with van der Waals surface area (Å²) in [7, 11) is 0. The second kappa shape index (κ2) is 4.48. The number of halogens is 1. The van der Waals surface area contributed by atoms with E-state index in [0.29, 0.717) is 17.3 Å². The predicted octanol–water partition coefficient (Wildman–Crippen LogP) is 3.63. The molecule has 0 atom stereocenters. The summed E-state index contributed by atoms with van der Waals surface area (Å²) in [5, 5.41) is 10.5. The molecule has 0 amide bonds. The molecule has 0 bridgehead atoms. The van der Waals surface area contributed by atoms with E-state index in [9.17, 15) is 4.79 Å². The Morgan fingerprint density at radius 3 is 2.89 bits per heavy atom. The zero-order valence-electron chi connectivity index (χ0n) is 9.84. The van der Waals surface area contributed by atoms with Crippen LogP contribution in [0, 0.1) is 0 Å². The van der Waals surface area contributed by atoms with Gasteiger partial charge in [0.15, 0.2) is 0 Å². The van der Waals surface area contributed by atoms with Crippen LogP contribution >= 0.6 is 11.6 Å². The number of fused-ring (bicyclic) bond motifs is 1. The molecule has 0 aliphatic carbocycles. The summed E-state index contributed by atoms with van der Waals surface area (Å²) in [4.78, 5) is 10.8. The third kappa shape index (κ3) is 2.11. The second-order valence-electron chi connectivity index (χ2n) is 4.23. The summed E-state index contributed by atoms with van der Waals surface area (Å²) >= 11 is 6.15. The molecule has 0 aliphatic rings. The molecule has 4 nitrogen and oxygen atoms in total. The lowest BCUT2D eigenvalue weighted by molar-refractivity contribution is 0.0696. The summed E-state index contributed by atoms with van der Waals surface area (Å²) in [5.74, 6) is -0.416. The molecule has 2 heterocycles. The first-order valence-electron chi connectivity index (χ1n) is 5.69. The van der Waals surface area contributed by atoms with E-state index in [2.05, 4.69) is 0 Å². The molecule has 5 heteroatoms. The van der Waals surface area contributed by atoms with Crippen molar-refractivity contribution < 1.29 is 14.3 Å². The average Bonchev–Trinajstić information content (AvgIpc) is 2.97. The highest BCUT2D eigenvalue weighted by molar-refractivity contribution is 6.35. The van der Waals surface area contributed by atoms with Crippen molar-refractivity contribution in [3.05, 3.63) is 59.1 Å². The highest BCUT2D eigenvalue weighted by Crippen LogP contribution is 2.26. The Hall–Kier alpha value is -2.20. The van der Waals surface area contributed by atoms with E-state index < -0.39 is 5.97 Å². The third-order valence-electron chi connectivity index (χ3n) is 2.97. The van der Waals surface area contributed by atoms with Gasteiger partial charge in [-0.1, -0.05) is 29.8 Å². The fraction of sp³-hybridized carbons (Fsp3) is 0.0714. The highest BCUT2D eigenvalue weighted by Gasteiger charge is 2.11. The van der Waals surface area contributed by atoms with Gasteiger partial charge in [0.05, 0.1) is 17.1 Å². The normalized spacial score (nSPS) is 11.0. The van der Waals surface area contributed by atoms with Gasteiger partial charge < -0.3 is 14.1 Å². The highest BCUT2D eigenvalue weighted by atomic mass is 35.5. The Balaban J connectivity index is 1.98. The Labute approximate surface area is 113 Å². The summed E-state index contributed by atoms with van der Waals surface area (Å²) in [6, 6.07) is 9.28. The van der Waals surface area contributed by atoms with Gasteiger partial charge >= 0.3 is 5.97 Å². The predicted molar refractivity (Wildman–Crippen MR) is 71.7 cm³/mol. The number of hydrogen-bond donors (Lipinski definition) is 1. The van der Waals surface area contributed by atoms with Crippen LogP contribution in [0.1, 0.15) is 16.1 Å². The van der Waals surface area contributed by atoms with Gasteiger partial charge in [-0.15, -0.1) is 0 Å². The SMILES string of the molecule is O=C(O)c1coc(Cn2cc(Cl)c3ccccc32)c1. The molecule has 0 saturated heterocycles. The van der Waals surface area contributed by atoms with Crippen LogP contribution < -0.4 is 0 Å². The van der Waals surface area contributed by atoms with Crippen molar-refractivity contribution in [1.82, 2.24) is 4.57 Å². The van der Waals surface area contributed by atoms with Gasteiger partial charge in [0, 0.05) is 17.1 Å². The first-order chi connectivity index (χ1) is 9.15. The van der Waals surface area contributed by atoms with Gasteiger partial charge in [-0.3, -0.25) is 0 Å². The van der Waals surface area contributed by atoms with Gasteiger partial charge in [-0.2, -0.15) is 0 Å². The van der Waals surface area contributed by atoms with Crippen LogP contribution in [0.3, 0.4) is 0 Å². The number of furan rings is 1. The largest absolute Gasteiger partial charge is 0.478 e. The molecule has 1 N–H and O–H groups in total. The number of hydrogen-bond acceptors (Lipinski definition) is 2. The third-order valence-corrected chi connectivity index (χ3v) is 3.27. The molecular formula is C14H10ClNO3. The van der Waals surface area contributed by atoms with E-state index >= 15 is 0 Å². The Bertz CT molecular complexity index is 757. The van der Waals surface area contributed by atoms with Crippen LogP contribution in [0.4, 0.5) is 0 Å². The first-order valence-corrected chi connectivity index (χ1v) is 6.07. The van der Waals surface area contributed by atoms with Crippen LogP contribution in [0.25, 0.3) is 10.9 Å². The van der Waals surface area contributed by atoms with Crippen LogP contribution in [0.5, 0.6) is 0 Å². The molecule has 3 rings (SSSR count). The molecule has 0 fully saturated rings. The lowest BCUT2D eigenvalue weighted by atomic mass is 10.2. The minimum atomic E-state index is -0.995. The molecule has 1 aromatic carbocycles. The van der Waals surface area contributed by atoms with Crippen molar-refractivity contribution in [2.24, 2.45) is 0 Å². The van der Waals surface area contributed by atoms with E-state index in [0.717, 1.165) is 10.9 Å². The summed E-state index contributed by atoms with van der Waals surface area (Å²) in [6.07, 6.45) is 3.06. The molecule has 2 aromatic heterocycles. The van der Waals surface area contributed by atoms with Crippen LogP contribution in [0.15, 0.2) is 47.2 Å². The van der Waals surface area contributed by atoms with Gasteiger partial charge in [0.1, 0.15) is 12.0 Å². The minimum absolute atomic E-state index is 0.151. The fourth-order valence-corrected chi connectivity index (χ4v) is 2.35. The Kier molecular flexibility index (Phi) is 2.80. The lowest BCUT2D eigenvalue weighted by Crippen LogP contribution is -1.97. The van der Waals surface area contributed by atoms with E-state index in [1.54, 1.807) is 0 Å². The second-order valence-corrected chi connectivity index (χ2v) is 4.64. The summed E-state index contributed by atoms with van der Waals surface area (Å²) in [5.41, 5.74) is 1.14. The van der Waals surface area contributed by atoms with Crippen LogP contribution in [-0.2, 0) is 6.54 Å². The molecule has 96 valence electrons. The van der Waals surface area contributed by atoms with Gasteiger partial charge in [-0.05, 0) is 12.1 Å². The summed E-state index contributed by atoms with van der Waals surface area (Å²) < 4.78 is 7.18. The summed E-state index contributed by atoms with van der Waals surface area (Å²) in [6.45, 7) is 0.445. The lowest BCUT2D eigenvalue weighted by Gasteiger charge is -2.01. The van der Waals surface area contributed by atoms with Crippen molar-refractivity contribution in [2.45, 2.75) is 6.54 Å². The van der Waals surface area contributed by atoms with Crippen molar-refractivity contribution in [3.8, 4) is 0 Å². The maximum atomic E-state index is 10.8. The first kappa shape index (κ1) is 11.9. The molecular weight excluding hydrogens is 266 g/mol. The average molecular weight is 276 g/mol. The van der Waals surface area contributed by atoms with Crippen LogP contribution in [0.2, 0.25) is 5.02 Å². The van der Waals surface area contributed by atoms with Crippen molar-refractivity contribution >= 4 is 28.5 Å². The number of carbonyl (C=O) groups is 1. The molecule has 0 saturated carbocycles. The van der Waals surface area contributed by atoms with Crippen molar-refractivity contribution in [2.75, 3.05) is 0 Å². The standard InChI is InChI=1S/C14H10ClNO3/c15-12-7-16(13-4-2-1-3-11(12)13)6-10-5-9(8-19-10)14(17)18/h1-5,7-8H,6H2,(H,17,18). The molecule has 0 unspecified atom stereocenters. The number of carboxylic acids is 1. The number of nitrogens with zero attached hydrogens (tertiary/aromatic N) is 1. The number of rotatable bonds is 3. The maximum Gasteiger partial charge on any atom is 0.338 e. The quantitative estimate of drug-likeness (QED) is 0.794. The molecule has 3 aromatic rings. The Morgan fingerprint density at radius 2 is 2.16 bits per heavy atom. The van der Waals surface area contributed by atoms with Crippen LogP contribution in [-0.4, -0.2) is 15.6 Å². The molecule has 0 aliphatic heterocycles. The van der Waals surface area contributed by atoms with Gasteiger partial charge in [0.2, 0.25) is 0 Å². The fourth-order valence-electron chi connectivity index (χ4n) is 2.08. The number of benzene rings is 1. The van der Waals surface area contributed by atoms with E-state index in [1.165, 1.54) is 12.3 Å². The van der Waals surface area contributed by atoms with Crippen molar-refractivity contribution in [3.63, 3.8) is 0 Å². The molecule has 0 spiro atoms. The van der Waals surface area contributed by atoms with Gasteiger partial charge in [0.25, 0.3) is 0 Å². The zero-order chi connectivity index (χ0) is 13.4. The van der Waals surface area contributed by atoms with E-state index in [-0.39, 0.29) is 5.56 Å². The molecule has 0 radical (unpaired) electrons. The topological polar surface area (TPSA) is 55.4 Å². The monoisotopic (exact) mass is 275 g/mol. The minimum Gasteiger partial charge on any atom is -0.478 e. The molecule has 19 heavy (non-hydrogen) atoms. The number of carboxylic acid groups (broad SMARTS) is 1. The van der Waals surface area contributed by atoms with Crippen molar-refractivity contribution in [1.29, 1.82) is 0 Å². The number of aromatic carboxylic acids is 1. The maximum absolute atomic E-state index is 10.8.